The molecule has 172 valence electrons. The molecule has 2 fully saturated rings. The molecule has 3 atom stereocenters. The molecule has 0 nitrogen and oxygen atoms in total. The van der Waals surface area contributed by atoms with Crippen molar-refractivity contribution >= 4 is 0 Å². The second kappa shape index (κ2) is 14.1. The minimum atomic E-state index is 0.938. The lowest BCUT2D eigenvalue weighted by molar-refractivity contribution is 0.0944. The normalized spacial score (nSPS) is 27.1. The maximum Gasteiger partial charge on any atom is -0.0357 e. The summed E-state index contributed by atoms with van der Waals surface area (Å²) >= 11 is 0. The molecule has 2 saturated carbocycles. The van der Waals surface area contributed by atoms with Crippen LogP contribution in [0.15, 0.2) is 0 Å². The highest BCUT2D eigenvalue weighted by atomic mass is 14.4. The Hall–Kier alpha value is 0. The van der Waals surface area contributed by atoms with Crippen LogP contribution in [-0.4, -0.2) is 0 Å². The number of rotatable bonds is 13. The van der Waals surface area contributed by atoms with Crippen LogP contribution in [0, 0.1) is 41.4 Å². The maximum atomic E-state index is 2.50. The Morgan fingerprint density at radius 3 is 1.76 bits per heavy atom. The van der Waals surface area contributed by atoms with Gasteiger partial charge in [0.25, 0.3) is 0 Å². The first kappa shape index (κ1) is 25.3. The molecule has 0 spiro atoms. The molecule has 3 unspecified atom stereocenters. The van der Waals surface area contributed by atoms with E-state index in [9.17, 15) is 0 Å². The Morgan fingerprint density at radius 2 is 1.21 bits per heavy atom. The summed E-state index contributed by atoms with van der Waals surface area (Å²) < 4.78 is 0. The van der Waals surface area contributed by atoms with Gasteiger partial charge in [-0.2, -0.15) is 0 Å². The third kappa shape index (κ3) is 8.22. The molecule has 0 N–H and O–H groups in total. The Balaban J connectivity index is 1.93. The first-order valence-corrected chi connectivity index (χ1v) is 14.1. The molecule has 0 amide bonds. The van der Waals surface area contributed by atoms with Gasteiger partial charge in [0.1, 0.15) is 0 Å². The van der Waals surface area contributed by atoms with Gasteiger partial charge in [0.05, 0.1) is 0 Å². The zero-order chi connectivity index (χ0) is 21.1. The van der Waals surface area contributed by atoms with E-state index in [0.717, 1.165) is 41.4 Å². The third-order valence-corrected chi connectivity index (χ3v) is 9.40. The largest absolute Gasteiger partial charge is 0.0654 e. The van der Waals surface area contributed by atoms with Crippen molar-refractivity contribution in [3.05, 3.63) is 0 Å². The smallest absolute Gasteiger partial charge is 0.0357 e. The highest BCUT2D eigenvalue weighted by Gasteiger charge is 2.34. The van der Waals surface area contributed by atoms with E-state index in [4.69, 9.17) is 0 Å². The van der Waals surface area contributed by atoms with Gasteiger partial charge in [0.2, 0.25) is 0 Å². The molecule has 0 heterocycles. The van der Waals surface area contributed by atoms with E-state index >= 15 is 0 Å². The van der Waals surface area contributed by atoms with E-state index in [1.165, 1.54) is 64.2 Å². The van der Waals surface area contributed by atoms with Gasteiger partial charge in [-0.15, -0.1) is 0 Å². The highest BCUT2D eigenvalue weighted by molar-refractivity contribution is 4.85. The standard InChI is InChI=1S/C29H56/c1-6-13-23(5)22-24(7-2)16-21-29(27-14-11-10-12-15-27)28-19-17-26(18-20-28)25(8-3)9-4/h23-29H,6-22H2,1-5H3. The van der Waals surface area contributed by atoms with Gasteiger partial charge in [-0.05, 0) is 80.0 Å². The molecule has 2 rings (SSSR count). The summed E-state index contributed by atoms with van der Waals surface area (Å²) in [6.07, 6.45) is 25.5. The molecule has 0 radical (unpaired) electrons. The SMILES string of the molecule is CCCC(C)CC(CC)CCC(C1CCCCC1)C1CCC(C(CC)CC)CC1. The fourth-order valence-electron chi connectivity index (χ4n) is 7.51. The van der Waals surface area contributed by atoms with Crippen molar-refractivity contribution in [2.45, 2.75) is 144 Å². The summed E-state index contributed by atoms with van der Waals surface area (Å²) in [5.74, 6) is 7.18. The molecule has 0 aromatic rings. The molecule has 0 aromatic heterocycles. The van der Waals surface area contributed by atoms with Crippen LogP contribution in [0.5, 0.6) is 0 Å². The fraction of sp³-hybridized carbons (Fsp3) is 1.00. The Labute approximate surface area is 185 Å². The minimum Gasteiger partial charge on any atom is -0.0654 e. The first-order chi connectivity index (χ1) is 14.1. The van der Waals surface area contributed by atoms with Crippen LogP contribution in [0.4, 0.5) is 0 Å². The van der Waals surface area contributed by atoms with Crippen molar-refractivity contribution in [2.24, 2.45) is 41.4 Å². The summed E-state index contributed by atoms with van der Waals surface area (Å²) in [7, 11) is 0. The molecule has 2 aliphatic carbocycles. The second-order valence-corrected chi connectivity index (χ2v) is 11.3. The molecule has 0 heteroatoms. The third-order valence-electron chi connectivity index (χ3n) is 9.40. The van der Waals surface area contributed by atoms with Gasteiger partial charge in [-0.1, -0.05) is 105 Å². The lowest BCUT2D eigenvalue weighted by Crippen LogP contribution is -2.31. The van der Waals surface area contributed by atoms with E-state index in [2.05, 4.69) is 34.6 Å². The predicted molar refractivity (Wildman–Crippen MR) is 131 cm³/mol. The topological polar surface area (TPSA) is 0 Å². The van der Waals surface area contributed by atoms with E-state index in [1.54, 1.807) is 44.9 Å². The summed E-state index contributed by atoms with van der Waals surface area (Å²) in [4.78, 5) is 0. The lowest BCUT2D eigenvalue weighted by Gasteiger charge is -2.41. The molecular weight excluding hydrogens is 348 g/mol. The Morgan fingerprint density at radius 1 is 0.621 bits per heavy atom. The lowest BCUT2D eigenvalue weighted by atomic mass is 9.64. The van der Waals surface area contributed by atoms with Gasteiger partial charge in [-0.25, -0.2) is 0 Å². The average Bonchev–Trinajstić information content (AvgIpc) is 2.75. The maximum absolute atomic E-state index is 2.50. The van der Waals surface area contributed by atoms with Gasteiger partial charge < -0.3 is 0 Å². The summed E-state index contributed by atoms with van der Waals surface area (Å²) in [6.45, 7) is 12.2. The van der Waals surface area contributed by atoms with Crippen molar-refractivity contribution in [3.8, 4) is 0 Å². The Bertz CT molecular complexity index is 381. The molecule has 2 aliphatic rings. The van der Waals surface area contributed by atoms with Crippen molar-refractivity contribution in [2.75, 3.05) is 0 Å². The summed E-state index contributed by atoms with van der Waals surface area (Å²) in [6, 6.07) is 0. The van der Waals surface area contributed by atoms with Crippen molar-refractivity contribution in [3.63, 3.8) is 0 Å². The van der Waals surface area contributed by atoms with Crippen LogP contribution >= 0.6 is 0 Å². The van der Waals surface area contributed by atoms with Crippen LogP contribution in [0.3, 0.4) is 0 Å². The monoisotopic (exact) mass is 404 g/mol. The van der Waals surface area contributed by atoms with Gasteiger partial charge >= 0.3 is 0 Å². The van der Waals surface area contributed by atoms with Crippen LogP contribution in [0.25, 0.3) is 0 Å². The predicted octanol–water partition coefficient (Wildman–Crippen LogP) is 10.1. The first-order valence-electron chi connectivity index (χ1n) is 14.1. The van der Waals surface area contributed by atoms with Gasteiger partial charge in [-0.3, -0.25) is 0 Å². The van der Waals surface area contributed by atoms with Gasteiger partial charge in [0.15, 0.2) is 0 Å². The highest BCUT2D eigenvalue weighted by Crippen LogP contribution is 2.46. The van der Waals surface area contributed by atoms with Crippen LogP contribution in [0.1, 0.15) is 144 Å². The minimum absolute atomic E-state index is 0.938. The van der Waals surface area contributed by atoms with Crippen molar-refractivity contribution in [1.29, 1.82) is 0 Å². The van der Waals surface area contributed by atoms with Crippen LogP contribution < -0.4 is 0 Å². The Kier molecular flexibility index (Phi) is 12.3. The van der Waals surface area contributed by atoms with Gasteiger partial charge in [0, 0.05) is 0 Å². The van der Waals surface area contributed by atoms with Crippen LogP contribution in [0.2, 0.25) is 0 Å². The number of hydrogen-bond acceptors (Lipinski definition) is 0. The van der Waals surface area contributed by atoms with E-state index in [1.807, 2.05) is 0 Å². The fourth-order valence-corrected chi connectivity index (χ4v) is 7.51. The molecule has 29 heavy (non-hydrogen) atoms. The van der Waals surface area contributed by atoms with E-state index in [0.29, 0.717) is 0 Å². The number of hydrogen-bond donors (Lipinski definition) is 0. The zero-order valence-electron chi connectivity index (χ0n) is 21.1. The molecule has 0 aromatic carbocycles. The summed E-state index contributed by atoms with van der Waals surface area (Å²) in [5.41, 5.74) is 0. The second-order valence-electron chi connectivity index (χ2n) is 11.3. The van der Waals surface area contributed by atoms with Crippen LogP contribution in [-0.2, 0) is 0 Å². The van der Waals surface area contributed by atoms with Crippen molar-refractivity contribution < 1.29 is 0 Å². The van der Waals surface area contributed by atoms with Crippen molar-refractivity contribution in [1.82, 2.24) is 0 Å². The molecule has 0 saturated heterocycles. The van der Waals surface area contributed by atoms with E-state index < -0.39 is 0 Å². The quantitative estimate of drug-likeness (QED) is 0.286. The molecule has 0 aliphatic heterocycles. The van der Waals surface area contributed by atoms with E-state index in [-0.39, 0.29) is 0 Å². The molecular formula is C29H56. The average molecular weight is 405 g/mol. The zero-order valence-corrected chi connectivity index (χ0v) is 21.1. The summed E-state index contributed by atoms with van der Waals surface area (Å²) in [5, 5.41) is 0. The molecule has 0 bridgehead atoms.